The van der Waals surface area contributed by atoms with Crippen molar-refractivity contribution >= 4 is 17.4 Å². The van der Waals surface area contributed by atoms with Crippen LogP contribution in [0.1, 0.15) is 0 Å². The molecule has 2 rings (SSSR count). The summed E-state index contributed by atoms with van der Waals surface area (Å²) in [7, 11) is 1.60. The van der Waals surface area contributed by atoms with Gasteiger partial charge < -0.3 is 14.9 Å². The Balaban J connectivity index is 2.39. The molecule has 0 bridgehead atoms. The van der Waals surface area contributed by atoms with Crippen molar-refractivity contribution in [1.82, 2.24) is 9.55 Å². The van der Waals surface area contributed by atoms with Crippen LogP contribution in [0.25, 0.3) is 0 Å². The van der Waals surface area contributed by atoms with Gasteiger partial charge in [0.25, 0.3) is 0 Å². The zero-order valence-electron chi connectivity index (χ0n) is 8.83. The summed E-state index contributed by atoms with van der Waals surface area (Å²) in [6.07, 6.45) is 1.31. The highest BCUT2D eigenvalue weighted by Crippen LogP contribution is 2.33. The van der Waals surface area contributed by atoms with Crippen LogP contribution in [0.5, 0.6) is 11.6 Å². The number of halogens is 1. The van der Waals surface area contributed by atoms with Gasteiger partial charge in [-0.1, -0.05) is 23.7 Å². The third kappa shape index (κ3) is 2.21. The Morgan fingerprint density at radius 3 is 2.82 bits per heavy atom. The monoisotopic (exact) mass is 253 g/mol. The first-order valence-electron chi connectivity index (χ1n) is 4.67. The third-order valence-corrected chi connectivity index (χ3v) is 2.39. The summed E-state index contributed by atoms with van der Waals surface area (Å²) in [5.74, 6) is 0.0522. The lowest BCUT2D eigenvalue weighted by Crippen LogP contribution is -1.96. The van der Waals surface area contributed by atoms with Crippen LogP contribution < -0.4 is 4.74 Å². The van der Waals surface area contributed by atoms with E-state index >= 15 is 0 Å². The number of ether oxygens (including phenoxy) is 1. The third-order valence-electron chi connectivity index (χ3n) is 2.08. The molecule has 0 aliphatic heterocycles. The summed E-state index contributed by atoms with van der Waals surface area (Å²) in [5, 5.41) is 11.1. The summed E-state index contributed by atoms with van der Waals surface area (Å²) < 4.78 is 6.82. The van der Waals surface area contributed by atoms with Crippen molar-refractivity contribution in [3.63, 3.8) is 0 Å². The first kappa shape index (κ1) is 11.4. The van der Waals surface area contributed by atoms with Gasteiger partial charge in [0, 0.05) is 7.05 Å². The number of rotatable bonds is 3. The van der Waals surface area contributed by atoms with Crippen LogP contribution in [-0.2, 0) is 7.05 Å². The van der Waals surface area contributed by atoms with Crippen molar-refractivity contribution in [2.75, 3.05) is 0 Å². The highest BCUT2D eigenvalue weighted by molar-refractivity contribution is 6.32. The molecular weight excluding hydrogens is 246 g/mol. The molecule has 0 aliphatic carbocycles. The second-order valence-corrected chi connectivity index (χ2v) is 3.68. The van der Waals surface area contributed by atoms with Crippen molar-refractivity contribution in [1.29, 1.82) is 0 Å². The predicted octanol–water partition coefficient (Wildman–Crippen LogP) is 2.77. The molecular formula is C10H8ClN3O3. The van der Waals surface area contributed by atoms with Crippen molar-refractivity contribution in [2.45, 2.75) is 0 Å². The molecule has 0 saturated heterocycles. The molecule has 0 amide bonds. The van der Waals surface area contributed by atoms with Gasteiger partial charge in [0.1, 0.15) is 5.75 Å². The SMILES string of the molecule is Cn1cnc([N+](=O)[O-])c1Oc1ccccc1Cl. The Kier molecular flexibility index (Phi) is 2.97. The highest BCUT2D eigenvalue weighted by atomic mass is 35.5. The highest BCUT2D eigenvalue weighted by Gasteiger charge is 2.22. The molecule has 0 N–H and O–H groups in total. The van der Waals surface area contributed by atoms with E-state index in [2.05, 4.69) is 4.98 Å². The molecule has 1 aromatic carbocycles. The molecule has 0 spiro atoms. The Morgan fingerprint density at radius 1 is 1.47 bits per heavy atom. The van der Waals surface area contributed by atoms with Gasteiger partial charge in [-0.05, 0) is 22.0 Å². The molecule has 1 heterocycles. The fourth-order valence-corrected chi connectivity index (χ4v) is 1.46. The van der Waals surface area contributed by atoms with Gasteiger partial charge >= 0.3 is 11.7 Å². The lowest BCUT2D eigenvalue weighted by Gasteiger charge is -2.06. The maximum atomic E-state index is 10.7. The fraction of sp³-hybridized carbons (Fsp3) is 0.100. The van der Waals surface area contributed by atoms with E-state index < -0.39 is 4.92 Å². The Hall–Kier alpha value is -2.08. The maximum absolute atomic E-state index is 10.7. The first-order valence-corrected chi connectivity index (χ1v) is 5.05. The van der Waals surface area contributed by atoms with Crippen molar-refractivity contribution in [3.8, 4) is 11.6 Å². The molecule has 0 fully saturated rings. The molecule has 6 nitrogen and oxygen atoms in total. The van der Waals surface area contributed by atoms with Crippen LogP contribution in [0, 0.1) is 10.1 Å². The normalized spacial score (nSPS) is 10.2. The van der Waals surface area contributed by atoms with Crippen LogP contribution in [-0.4, -0.2) is 14.5 Å². The standard InChI is InChI=1S/C10H8ClN3O3/c1-13-6-12-9(14(15)16)10(13)17-8-5-3-2-4-7(8)11/h2-6H,1H3. The number of aryl methyl sites for hydroxylation is 1. The van der Waals surface area contributed by atoms with Crippen molar-refractivity contribution < 1.29 is 9.66 Å². The average Bonchev–Trinajstić information content (AvgIpc) is 2.64. The van der Waals surface area contributed by atoms with E-state index in [1.807, 2.05) is 0 Å². The Bertz CT molecular complexity index is 568. The van der Waals surface area contributed by atoms with E-state index in [4.69, 9.17) is 16.3 Å². The molecule has 7 heteroatoms. The number of hydrogen-bond acceptors (Lipinski definition) is 4. The number of imidazole rings is 1. The zero-order valence-corrected chi connectivity index (χ0v) is 9.59. The summed E-state index contributed by atoms with van der Waals surface area (Å²) >= 11 is 5.90. The number of hydrogen-bond donors (Lipinski definition) is 0. The number of aromatic nitrogens is 2. The molecule has 17 heavy (non-hydrogen) atoms. The zero-order chi connectivity index (χ0) is 12.4. The van der Waals surface area contributed by atoms with E-state index in [1.165, 1.54) is 10.9 Å². The number of benzene rings is 1. The molecule has 0 unspecified atom stereocenters. The minimum Gasteiger partial charge on any atom is -0.432 e. The van der Waals surface area contributed by atoms with Gasteiger partial charge in [-0.2, -0.15) is 0 Å². The number of nitro groups is 1. The molecule has 0 radical (unpaired) electrons. The summed E-state index contributed by atoms with van der Waals surface area (Å²) in [4.78, 5) is 13.8. The number of nitrogens with zero attached hydrogens (tertiary/aromatic N) is 3. The van der Waals surface area contributed by atoms with E-state index in [0.717, 1.165) is 0 Å². The molecule has 1 aromatic heterocycles. The maximum Gasteiger partial charge on any atom is 0.427 e. The second kappa shape index (κ2) is 4.42. The van der Waals surface area contributed by atoms with Gasteiger partial charge in [-0.3, -0.25) is 4.57 Å². The summed E-state index contributed by atoms with van der Waals surface area (Å²) in [5.41, 5.74) is 0. The summed E-state index contributed by atoms with van der Waals surface area (Å²) in [6.45, 7) is 0. The van der Waals surface area contributed by atoms with E-state index in [0.29, 0.717) is 10.8 Å². The second-order valence-electron chi connectivity index (χ2n) is 3.27. The molecule has 88 valence electrons. The van der Waals surface area contributed by atoms with E-state index in [-0.39, 0.29) is 11.7 Å². The lowest BCUT2D eigenvalue weighted by atomic mass is 10.3. The van der Waals surface area contributed by atoms with Gasteiger partial charge in [0.15, 0.2) is 0 Å². The Labute approximate surface area is 102 Å². The van der Waals surface area contributed by atoms with Gasteiger partial charge in [-0.25, -0.2) is 0 Å². The van der Waals surface area contributed by atoms with Crippen LogP contribution >= 0.6 is 11.6 Å². The van der Waals surface area contributed by atoms with E-state index in [9.17, 15) is 10.1 Å². The van der Waals surface area contributed by atoms with Crippen molar-refractivity contribution in [2.24, 2.45) is 7.05 Å². The van der Waals surface area contributed by atoms with Gasteiger partial charge in [0.2, 0.25) is 6.33 Å². The summed E-state index contributed by atoms with van der Waals surface area (Å²) in [6, 6.07) is 6.73. The van der Waals surface area contributed by atoms with Gasteiger partial charge in [-0.15, -0.1) is 0 Å². The van der Waals surface area contributed by atoms with Crippen LogP contribution in [0.2, 0.25) is 5.02 Å². The van der Waals surface area contributed by atoms with Crippen LogP contribution in [0.4, 0.5) is 5.82 Å². The minimum atomic E-state index is -0.605. The van der Waals surface area contributed by atoms with Crippen LogP contribution in [0.3, 0.4) is 0 Å². The quantitative estimate of drug-likeness (QED) is 0.623. The van der Waals surface area contributed by atoms with Crippen molar-refractivity contribution in [3.05, 3.63) is 45.7 Å². The first-order chi connectivity index (χ1) is 8.09. The fourth-order valence-electron chi connectivity index (χ4n) is 1.28. The Morgan fingerprint density at radius 2 is 2.18 bits per heavy atom. The predicted molar refractivity (Wildman–Crippen MR) is 61.4 cm³/mol. The smallest absolute Gasteiger partial charge is 0.427 e. The van der Waals surface area contributed by atoms with Crippen LogP contribution in [0.15, 0.2) is 30.6 Å². The molecule has 0 atom stereocenters. The lowest BCUT2D eigenvalue weighted by molar-refractivity contribution is -0.390. The molecule has 2 aromatic rings. The minimum absolute atomic E-state index is 0.0445. The van der Waals surface area contributed by atoms with Gasteiger partial charge in [0.05, 0.1) is 5.02 Å². The average molecular weight is 254 g/mol. The molecule has 0 aliphatic rings. The van der Waals surface area contributed by atoms with E-state index in [1.54, 1.807) is 31.3 Å². The largest absolute Gasteiger partial charge is 0.432 e. The molecule has 0 saturated carbocycles. The topological polar surface area (TPSA) is 70.2 Å². The number of para-hydroxylation sites is 1.